The van der Waals surface area contributed by atoms with E-state index in [0.717, 1.165) is 6.07 Å². The number of carboxylic acid groups (broad SMARTS) is 1. The lowest BCUT2D eigenvalue weighted by Gasteiger charge is -2.26. The Hall–Kier alpha value is -2.92. The van der Waals surface area contributed by atoms with Crippen LogP contribution in [0.5, 0.6) is 0 Å². The van der Waals surface area contributed by atoms with E-state index in [1.807, 2.05) is 0 Å². The number of amides is 1. The van der Waals surface area contributed by atoms with Gasteiger partial charge >= 0.3 is 6.09 Å². The molecule has 25 heavy (non-hydrogen) atoms. The molecule has 0 spiro atoms. The van der Waals surface area contributed by atoms with E-state index >= 15 is 0 Å². The van der Waals surface area contributed by atoms with E-state index in [2.05, 4.69) is 15.6 Å². The zero-order valence-electron chi connectivity index (χ0n) is 12.9. The van der Waals surface area contributed by atoms with Crippen molar-refractivity contribution in [3.63, 3.8) is 0 Å². The highest BCUT2D eigenvalue weighted by atomic mass is 35.5. The van der Waals surface area contributed by atoms with E-state index in [4.69, 9.17) is 22.0 Å². The van der Waals surface area contributed by atoms with Gasteiger partial charge in [0, 0.05) is 0 Å². The van der Waals surface area contributed by atoms with Crippen LogP contribution in [0.3, 0.4) is 0 Å². The first-order chi connectivity index (χ1) is 11.8. The summed E-state index contributed by atoms with van der Waals surface area (Å²) in [5, 5.41) is 22.5. The zero-order chi connectivity index (χ0) is 18.6. The third-order valence-corrected chi connectivity index (χ3v) is 3.69. The Bertz CT molecular complexity index is 841. The predicted octanol–water partition coefficient (Wildman–Crippen LogP) is 3.69. The Balaban J connectivity index is 2.41. The average Bonchev–Trinajstić information content (AvgIpc) is 2.54. The molecule has 0 bridgehead atoms. The van der Waals surface area contributed by atoms with Gasteiger partial charge in [0.1, 0.15) is 17.0 Å². The van der Waals surface area contributed by atoms with Crippen LogP contribution in [0.4, 0.5) is 19.4 Å². The standard InChI is InChI=1S/C16H13ClF2N4O2/c1-8(21-16(24)25)13(9-3-2-4-11(18)5-9)22-15-12(19)6-10(7-20)14(17)23-15/h2-6,8,13,21H,1H3,(H,22,23)(H,24,25)/t8-,13+/m0/s1. The Labute approximate surface area is 147 Å². The monoisotopic (exact) mass is 366 g/mol. The molecule has 1 amide bonds. The molecule has 0 radical (unpaired) electrons. The minimum atomic E-state index is -1.29. The molecular formula is C16H13ClF2N4O2. The summed E-state index contributed by atoms with van der Waals surface area (Å²) in [7, 11) is 0. The number of aromatic nitrogens is 1. The maximum absolute atomic E-state index is 14.2. The van der Waals surface area contributed by atoms with Gasteiger partial charge in [-0.05, 0) is 30.7 Å². The van der Waals surface area contributed by atoms with Crippen LogP contribution in [0, 0.1) is 23.0 Å². The average molecular weight is 367 g/mol. The third kappa shape index (κ3) is 4.55. The normalized spacial score (nSPS) is 12.8. The fourth-order valence-corrected chi connectivity index (χ4v) is 2.45. The fourth-order valence-electron chi connectivity index (χ4n) is 2.27. The largest absolute Gasteiger partial charge is 0.465 e. The summed E-state index contributed by atoms with van der Waals surface area (Å²) in [5.74, 6) is -1.65. The summed E-state index contributed by atoms with van der Waals surface area (Å²) in [4.78, 5) is 14.7. The second-order valence-corrected chi connectivity index (χ2v) is 5.54. The van der Waals surface area contributed by atoms with Gasteiger partial charge in [-0.15, -0.1) is 0 Å². The Morgan fingerprint density at radius 1 is 1.40 bits per heavy atom. The molecule has 2 aromatic rings. The number of rotatable bonds is 5. The summed E-state index contributed by atoms with van der Waals surface area (Å²) in [5.41, 5.74) is 0.242. The van der Waals surface area contributed by atoms with Gasteiger partial charge in [0.2, 0.25) is 0 Å². The van der Waals surface area contributed by atoms with E-state index < -0.39 is 29.8 Å². The van der Waals surface area contributed by atoms with Crippen molar-refractivity contribution in [1.82, 2.24) is 10.3 Å². The highest BCUT2D eigenvalue weighted by Gasteiger charge is 2.24. The van der Waals surface area contributed by atoms with Crippen molar-refractivity contribution in [3.05, 3.63) is 58.2 Å². The molecule has 2 atom stereocenters. The molecule has 0 aliphatic rings. The second-order valence-electron chi connectivity index (χ2n) is 5.18. The minimum absolute atomic E-state index is 0.135. The van der Waals surface area contributed by atoms with E-state index in [1.165, 1.54) is 25.1 Å². The maximum Gasteiger partial charge on any atom is 0.404 e. The van der Waals surface area contributed by atoms with Crippen LogP contribution in [0.25, 0.3) is 0 Å². The van der Waals surface area contributed by atoms with Gasteiger partial charge in [-0.1, -0.05) is 23.7 Å². The van der Waals surface area contributed by atoms with Gasteiger partial charge in [0.25, 0.3) is 0 Å². The highest BCUT2D eigenvalue weighted by molar-refractivity contribution is 6.30. The molecule has 0 aliphatic carbocycles. The molecule has 1 heterocycles. The molecule has 130 valence electrons. The predicted molar refractivity (Wildman–Crippen MR) is 87.3 cm³/mol. The van der Waals surface area contributed by atoms with E-state index in [0.29, 0.717) is 5.56 Å². The molecule has 0 saturated carbocycles. The van der Waals surface area contributed by atoms with Gasteiger partial charge in [-0.25, -0.2) is 18.6 Å². The summed E-state index contributed by atoms with van der Waals surface area (Å²) in [6, 6.07) is 6.46. The second kappa shape index (κ2) is 7.77. The number of anilines is 1. The van der Waals surface area contributed by atoms with Crippen LogP contribution >= 0.6 is 11.6 Å². The lowest BCUT2D eigenvalue weighted by atomic mass is 10.00. The lowest BCUT2D eigenvalue weighted by molar-refractivity contribution is 0.189. The van der Waals surface area contributed by atoms with Gasteiger partial charge in [-0.2, -0.15) is 5.26 Å². The summed E-state index contributed by atoms with van der Waals surface area (Å²) >= 11 is 5.81. The van der Waals surface area contributed by atoms with Gasteiger partial charge < -0.3 is 15.7 Å². The van der Waals surface area contributed by atoms with Crippen molar-refractivity contribution in [1.29, 1.82) is 5.26 Å². The van der Waals surface area contributed by atoms with Crippen molar-refractivity contribution in [3.8, 4) is 6.07 Å². The first-order valence-corrected chi connectivity index (χ1v) is 7.47. The number of nitriles is 1. The number of hydrogen-bond donors (Lipinski definition) is 3. The third-order valence-electron chi connectivity index (χ3n) is 3.40. The molecule has 2 rings (SSSR count). The van der Waals surface area contributed by atoms with Gasteiger partial charge in [-0.3, -0.25) is 0 Å². The van der Waals surface area contributed by atoms with Crippen LogP contribution in [0.2, 0.25) is 5.15 Å². The van der Waals surface area contributed by atoms with E-state index in [9.17, 15) is 13.6 Å². The summed E-state index contributed by atoms with van der Waals surface area (Å²) < 4.78 is 27.7. The van der Waals surface area contributed by atoms with Crippen LogP contribution in [0.1, 0.15) is 24.1 Å². The molecule has 6 nitrogen and oxygen atoms in total. The number of hydrogen-bond acceptors (Lipinski definition) is 4. The van der Waals surface area contributed by atoms with Crippen molar-refractivity contribution in [2.45, 2.75) is 19.0 Å². The zero-order valence-corrected chi connectivity index (χ0v) is 13.7. The van der Waals surface area contributed by atoms with Crippen molar-refractivity contribution in [2.75, 3.05) is 5.32 Å². The molecule has 0 fully saturated rings. The van der Waals surface area contributed by atoms with Crippen LogP contribution < -0.4 is 10.6 Å². The van der Waals surface area contributed by atoms with E-state index in [1.54, 1.807) is 12.1 Å². The molecule has 0 saturated heterocycles. The fraction of sp³-hybridized carbons (Fsp3) is 0.188. The topological polar surface area (TPSA) is 98.0 Å². The molecule has 3 N–H and O–H groups in total. The maximum atomic E-state index is 14.2. The minimum Gasteiger partial charge on any atom is -0.465 e. The molecule has 0 aliphatic heterocycles. The molecule has 0 unspecified atom stereocenters. The molecule has 9 heteroatoms. The SMILES string of the molecule is C[C@H](NC(=O)O)[C@@H](Nc1nc(Cl)c(C#N)cc1F)c1cccc(F)c1. The first-order valence-electron chi connectivity index (χ1n) is 7.09. The Kier molecular flexibility index (Phi) is 5.72. The van der Waals surface area contributed by atoms with Crippen molar-refractivity contribution >= 4 is 23.5 Å². The number of pyridine rings is 1. The van der Waals surface area contributed by atoms with E-state index in [-0.39, 0.29) is 16.5 Å². The first kappa shape index (κ1) is 18.4. The highest BCUT2D eigenvalue weighted by Crippen LogP contribution is 2.26. The molecule has 1 aromatic carbocycles. The van der Waals surface area contributed by atoms with Gasteiger partial charge in [0.05, 0.1) is 17.6 Å². The van der Waals surface area contributed by atoms with Crippen molar-refractivity contribution in [2.24, 2.45) is 0 Å². The quantitative estimate of drug-likeness (QED) is 0.701. The lowest BCUT2D eigenvalue weighted by Crippen LogP contribution is -2.39. The smallest absolute Gasteiger partial charge is 0.404 e. The summed E-state index contributed by atoms with van der Waals surface area (Å²) in [6.45, 7) is 1.53. The van der Waals surface area contributed by atoms with Crippen LogP contribution in [-0.4, -0.2) is 22.2 Å². The molecule has 1 aromatic heterocycles. The number of nitrogens with zero attached hydrogens (tertiary/aromatic N) is 2. The Morgan fingerprint density at radius 2 is 2.12 bits per heavy atom. The molecular weight excluding hydrogens is 354 g/mol. The van der Waals surface area contributed by atoms with Gasteiger partial charge in [0.15, 0.2) is 11.6 Å². The summed E-state index contributed by atoms with van der Waals surface area (Å²) in [6.07, 6.45) is -1.29. The number of carbonyl (C=O) groups is 1. The Morgan fingerprint density at radius 3 is 2.72 bits per heavy atom. The number of nitrogens with one attached hydrogen (secondary N) is 2. The van der Waals surface area contributed by atoms with Crippen LogP contribution in [0.15, 0.2) is 30.3 Å². The van der Waals surface area contributed by atoms with Crippen LogP contribution in [-0.2, 0) is 0 Å². The number of halogens is 3. The number of benzene rings is 1. The van der Waals surface area contributed by atoms with Crippen molar-refractivity contribution < 1.29 is 18.7 Å².